The maximum atomic E-state index is 11.2. The van der Waals surface area contributed by atoms with E-state index in [9.17, 15) is 8.42 Å². The molecule has 1 aromatic carbocycles. The van der Waals surface area contributed by atoms with E-state index in [4.69, 9.17) is 0 Å². The molecule has 1 rings (SSSR count). The van der Waals surface area contributed by atoms with Crippen LogP contribution in [-0.4, -0.2) is 20.7 Å². The standard InChI is InChI=1S/C10H14N2O2S/c1-8(2)11-12-9-4-6-10(7-5-9)15(3,13)14/h4-8H,1-3H3. The summed E-state index contributed by atoms with van der Waals surface area (Å²) >= 11 is 0. The average Bonchev–Trinajstić information content (AvgIpc) is 2.14. The van der Waals surface area contributed by atoms with Crippen LogP contribution in [0.3, 0.4) is 0 Å². The molecule has 0 saturated carbocycles. The molecular formula is C10H14N2O2S. The van der Waals surface area contributed by atoms with Crippen LogP contribution < -0.4 is 0 Å². The number of azo groups is 1. The second kappa shape index (κ2) is 4.53. The fourth-order valence-corrected chi connectivity index (χ4v) is 1.57. The Morgan fingerprint density at radius 1 is 1.13 bits per heavy atom. The highest BCUT2D eigenvalue weighted by Gasteiger charge is 2.05. The number of hydrogen-bond acceptors (Lipinski definition) is 4. The monoisotopic (exact) mass is 226 g/mol. The van der Waals surface area contributed by atoms with Crippen molar-refractivity contribution in [1.29, 1.82) is 0 Å². The van der Waals surface area contributed by atoms with Gasteiger partial charge < -0.3 is 0 Å². The lowest BCUT2D eigenvalue weighted by Crippen LogP contribution is -1.95. The first-order chi connectivity index (χ1) is 6.89. The molecular weight excluding hydrogens is 212 g/mol. The zero-order valence-corrected chi connectivity index (χ0v) is 9.82. The summed E-state index contributed by atoms with van der Waals surface area (Å²) in [5, 5.41) is 7.92. The number of nitrogens with zero attached hydrogens (tertiary/aromatic N) is 2. The lowest BCUT2D eigenvalue weighted by Gasteiger charge is -1.98. The van der Waals surface area contributed by atoms with E-state index in [0.717, 1.165) is 0 Å². The van der Waals surface area contributed by atoms with Gasteiger partial charge in [0.2, 0.25) is 0 Å². The highest BCUT2D eigenvalue weighted by atomic mass is 32.2. The summed E-state index contributed by atoms with van der Waals surface area (Å²) < 4.78 is 22.3. The Morgan fingerprint density at radius 2 is 1.67 bits per heavy atom. The zero-order valence-electron chi connectivity index (χ0n) is 9.01. The Bertz CT molecular complexity index is 447. The van der Waals surface area contributed by atoms with E-state index >= 15 is 0 Å². The lowest BCUT2D eigenvalue weighted by molar-refractivity contribution is 0.602. The van der Waals surface area contributed by atoms with Crippen molar-refractivity contribution < 1.29 is 8.42 Å². The number of sulfone groups is 1. The summed E-state index contributed by atoms with van der Waals surface area (Å²) in [4.78, 5) is 0.297. The molecule has 0 aromatic heterocycles. The van der Waals surface area contributed by atoms with E-state index in [-0.39, 0.29) is 6.04 Å². The molecule has 15 heavy (non-hydrogen) atoms. The summed E-state index contributed by atoms with van der Waals surface area (Å²) in [6, 6.07) is 6.48. The van der Waals surface area contributed by atoms with Gasteiger partial charge in [-0.2, -0.15) is 10.2 Å². The molecule has 0 radical (unpaired) electrons. The van der Waals surface area contributed by atoms with Crippen LogP contribution in [0.2, 0.25) is 0 Å². The second-order valence-electron chi connectivity index (χ2n) is 3.58. The van der Waals surface area contributed by atoms with Crippen molar-refractivity contribution in [3.05, 3.63) is 24.3 Å². The summed E-state index contributed by atoms with van der Waals surface area (Å²) in [6.45, 7) is 3.85. The topological polar surface area (TPSA) is 58.9 Å². The molecule has 0 aliphatic heterocycles. The van der Waals surface area contributed by atoms with Gasteiger partial charge in [-0.05, 0) is 38.1 Å². The summed E-state index contributed by atoms with van der Waals surface area (Å²) in [5.41, 5.74) is 0.663. The first kappa shape index (κ1) is 11.8. The molecule has 0 heterocycles. The highest BCUT2D eigenvalue weighted by molar-refractivity contribution is 7.90. The molecule has 0 aliphatic carbocycles. The van der Waals surface area contributed by atoms with Gasteiger partial charge in [-0.3, -0.25) is 0 Å². The fraction of sp³-hybridized carbons (Fsp3) is 0.400. The fourth-order valence-electron chi connectivity index (χ4n) is 0.942. The van der Waals surface area contributed by atoms with Crippen molar-refractivity contribution in [2.75, 3.05) is 6.26 Å². The maximum absolute atomic E-state index is 11.2. The molecule has 0 aliphatic rings. The van der Waals surface area contributed by atoms with Crippen LogP contribution in [0.25, 0.3) is 0 Å². The Kier molecular flexibility index (Phi) is 3.57. The quantitative estimate of drug-likeness (QED) is 0.744. The second-order valence-corrected chi connectivity index (χ2v) is 5.59. The molecule has 5 heteroatoms. The molecule has 1 aromatic rings. The van der Waals surface area contributed by atoms with E-state index in [1.54, 1.807) is 12.1 Å². The van der Waals surface area contributed by atoms with Crippen molar-refractivity contribution in [1.82, 2.24) is 0 Å². The van der Waals surface area contributed by atoms with Gasteiger partial charge >= 0.3 is 0 Å². The van der Waals surface area contributed by atoms with Crippen LogP contribution in [0.5, 0.6) is 0 Å². The van der Waals surface area contributed by atoms with Crippen LogP contribution in [0.4, 0.5) is 5.69 Å². The Hall–Kier alpha value is -1.23. The first-order valence-electron chi connectivity index (χ1n) is 4.60. The van der Waals surface area contributed by atoms with Gasteiger partial charge in [0.15, 0.2) is 9.84 Å². The third kappa shape index (κ3) is 3.79. The van der Waals surface area contributed by atoms with Crippen LogP contribution in [0.15, 0.2) is 39.4 Å². The van der Waals surface area contributed by atoms with Gasteiger partial charge in [-0.15, -0.1) is 0 Å². The predicted octanol–water partition coefficient (Wildman–Crippen LogP) is 2.58. The molecule has 0 saturated heterocycles. The molecule has 82 valence electrons. The smallest absolute Gasteiger partial charge is 0.175 e. The molecule has 0 atom stereocenters. The zero-order chi connectivity index (χ0) is 11.5. The van der Waals surface area contributed by atoms with Gasteiger partial charge in [0, 0.05) is 6.26 Å². The SMILES string of the molecule is CC(C)N=Nc1ccc(S(C)(=O)=O)cc1. The molecule has 0 N–H and O–H groups in total. The minimum Gasteiger partial charge on any atom is -0.224 e. The molecule has 0 amide bonds. The van der Waals surface area contributed by atoms with Crippen LogP contribution in [-0.2, 0) is 9.84 Å². The van der Waals surface area contributed by atoms with Crippen LogP contribution in [0.1, 0.15) is 13.8 Å². The largest absolute Gasteiger partial charge is 0.224 e. The summed E-state index contributed by atoms with van der Waals surface area (Å²) in [6.07, 6.45) is 1.18. The maximum Gasteiger partial charge on any atom is 0.175 e. The van der Waals surface area contributed by atoms with E-state index in [2.05, 4.69) is 10.2 Å². The minimum atomic E-state index is -3.12. The van der Waals surface area contributed by atoms with E-state index in [1.807, 2.05) is 13.8 Å². The third-order valence-electron chi connectivity index (χ3n) is 1.67. The minimum absolute atomic E-state index is 0.139. The summed E-state index contributed by atoms with van der Waals surface area (Å²) in [7, 11) is -3.12. The molecule has 0 bridgehead atoms. The van der Waals surface area contributed by atoms with Crippen molar-refractivity contribution in [2.45, 2.75) is 24.8 Å². The molecule has 4 nitrogen and oxygen atoms in total. The molecule has 0 spiro atoms. The predicted molar refractivity (Wildman–Crippen MR) is 59.2 cm³/mol. The Morgan fingerprint density at radius 3 is 2.07 bits per heavy atom. The van der Waals surface area contributed by atoms with Gasteiger partial charge in [-0.1, -0.05) is 0 Å². The van der Waals surface area contributed by atoms with E-state index < -0.39 is 9.84 Å². The van der Waals surface area contributed by atoms with Gasteiger partial charge in [0.1, 0.15) is 0 Å². The number of rotatable bonds is 3. The van der Waals surface area contributed by atoms with E-state index in [1.165, 1.54) is 18.4 Å². The average molecular weight is 226 g/mol. The molecule has 0 fully saturated rings. The Labute approximate surface area is 90.0 Å². The van der Waals surface area contributed by atoms with Gasteiger partial charge in [0.05, 0.1) is 16.6 Å². The van der Waals surface area contributed by atoms with Gasteiger partial charge in [0.25, 0.3) is 0 Å². The summed E-state index contributed by atoms with van der Waals surface area (Å²) in [5.74, 6) is 0. The lowest BCUT2D eigenvalue weighted by atomic mass is 10.3. The highest BCUT2D eigenvalue weighted by Crippen LogP contribution is 2.16. The van der Waals surface area contributed by atoms with Crippen molar-refractivity contribution in [3.63, 3.8) is 0 Å². The van der Waals surface area contributed by atoms with E-state index in [0.29, 0.717) is 10.6 Å². The number of hydrogen-bond donors (Lipinski definition) is 0. The third-order valence-corrected chi connectivity index (χ3v) is 2.80. The Balaban J connectivity index is 2.91. The van der Waals surface area contributed by atoms with Crippen LogP contribution in [0, 0.1) is 0 Å². The van der Waals surface area contributed by atoms with Crippen molar-refractivity contribution >= 4 is 15.5 Å². The van der Waals surface area contributed by atoms with Gasteiger partial charge in [-0.25, -0.2) is 8.42 Å². The number of benzene rings is 1. The first-order valence-corrected chi connectivity index (χ1v) is 6.49. The van der Waals surface area contributed by atoms with Crippen molar-refractivity contribution in [2.24, 2.45) is 10.2 Å². The van der Waals surface area contributed by atoms with Crippen LogP contribution >= 0.6 is 0 Å². The van der Waals surface area contributed by atoms with Crippen molar-refractivity contribution in [3.8, 4) is 0 Å². The molecule has 0 unspecified atom stereocenters. The normalized spacial score (nSPS) is 12.5.